The molecule has 0 radical (unpaired) electrons. The minimum atomic E-state index is -0.0712. The van der Waals surface area contributed by atoms with Gasteiger partial charge in [-0.15, -0.1) is 10.2 Å². The first-order valence-electron chi connectivity index (χ1n) is 9.19. The van der Waals surface area contributed by atoms with Gasteiger partial charge in [-0.25, -0.2) is 0 Å². The number of ether oxygens (including phenoxy) is 1. The summed E-state index contributed by atoms with van der Waals surface area (Å²) in [4.78, 5) is 11.7. The van der Waals surface area contributed by atoms with Crippen LogP contribution in [0.3, 0.4) is 0 Å². The van der Waals surface area contributed by atoms with E-state index in [2.05, 4.69) is 52.1 Å². The first-order valence-corrected chi connectivity index (χ1v) is 9.19. The lowest BCUT2D eigenvalue weighted by atomic mass is 9.81. The van der Waals surface area contributed by atoms with Gasteiger partial charge in [-0.1, -0.05) is 30.3 Å². The number of carbonyl (C=O) groups is 1. The van der Waals surface area contributed by atoms with E-state index in [0.29, 0.717) is 5.92 Å². The van der Waals surface area contributed by atoms with Crippen molar-refractivity contribution in [3.05, 3.63) is 47.5 Å². The van der Waals surface area contributed by atoms with Crippen LogP contribution in [0.25, 0.3) is 0 Å². The maximum Gasteiger partial charge on any atom is 0.308 e. The van der Waals surface area contributed by atoms with Gasteiger partial charge in [-0.05, 0) is 44.1 Å². The first kappa shape index (κ1) is 16.3. The summed E-state index contributed by atoms with van der Waals surface area (Å²) in [6.07, 6.45) is 5.98. The molecule has 0 amide bonds. The summed E-state index contributed by atoms with van der Waals surface area (Å²) in [7, 11) is 3.57. The molecule has 2 fully saturated rings. The quantitative estimate of drug-likeness (QED) is 0.802. The van der Waals surface area contributed by atoms with Crippen LogP contribution in [-0.2, 0) is 22.0 Å². The van der Waals surface area contributed by atoms with Gasteiger partial charge in [0.05, 0.1) is 18.4 Å². The number of esters is 1. The number of aromatic nitrogens is 3. The van der Waals surface area contributed by atoms with Crippen LogP contribution in [0.2, 0.25) is 0 Å². The van der Waals surface area contributed by atoms with Crippen LogP contribution in [0.5, 0.6) is 0 Å². The Hall–Kier alpha value is -2.17. The summed E-state index contributed by atoms with van der Waals surface area (Å²) in [5, 5.41) is 9.15. The standard InChI is InChI=1S/C20H25N3O2/c1-23-17(14-8-10-15(11-9-14)18(24)25-2)21-22-19(23)20(12-13-20)16-6-4-3-5-7-16/h3-7,14-15H,8-13H2,1-2H3. The van der Waals surface area contributed by atoms with Crippen LogP contribution in [0.15, 0.2) is 30.3 Å². The molecule has 1 heterocycles. The van der Waals surface area contributed by atoms with Crippen LogP contribution in [-0.4, -0.2) is 27.8 Å². The molecule has 1 aromatic heterocycles. The van der Waals surface area contributed by atoms with E-state index < -0.39 is 0 Å². The highest BCUT2D eigenvalue weighted by molar-refractivity contribution is 5.72. The number of benzene rings is 1. The highest BCUT2D eigenvalue weighted by Gasteiger charge is 2.50. The monoisotopic (exact) mass is 339 g/mol. The minimum Gasteiger partial charge on any atom is -0.469 e. The molecule has 0 unspecified atom stereocenters. The fraction of sp³-hybridized carbons (Fsp3) is 0.550. The molecule has 0 spiro atoms. The number of rotatable bonds is 4. The van der Waals surface area contributed by atoms with E-state index in [1.807, 2.05) is 0 Å². The van der Waals surface area contributed by atoms with Gasteiger partial charge < -0.3 is 9.30 Å². The van der Waals surface area contributed by atoms with E-state index in [0.717, 1.165) is 50.2 Å². The molecule has 0 atom stereocenters. The molecule has 2 aromatic rings. The molecule has 1 aromatic carbocycles. The average Bonchev–Trinajstić information content (AvgIpc) is 3.38. The molecular weight excluding hydrogens is 314 g/mol. The van der Waals surface area contributed by atoms with Gasteiger partial charge in [0.2, 0.25) is 0 Å². The topological polar surface area (TPSA) is 57.0 Å². The van der Waals surface area contributed by atoms with Crippen molar-refractivity contribution in [2.24, 2.45) is 13.0 Å². The van der Waals surface area contributed by atoms with Gasteiger partial charge in [0.1, 0.15) is 11.6 Å². The van der Waals surface area contributed by atoms with Crippen LogP contribution < -0.4 is 0 Å². The van der Waals surface area contributed by atoms with Gasteiger partial charge in [0.15, 0.2) is 0 Å². The molecule has 5 heteroatoms. The molecule has 132 valence electrons. The second-order valence-electron chi connectivity index (χ2n) is 7.46. The van der Waals surface area contributed by atoms with Gasteiger partial charge in [-0.2, -0.15) is 0 Å². The Morgan fingerprint density at radius 1 is 1.12 bits per heavy atom. The fourth-order valence-electron chi connectivity index (χ4n) is 4.39. The SMILES string of the molecule is COC(=O)C1CCC(c2nnc(C3(c4ccccc4)CC3)n2C)CC1. The minimum absolute atomic E-state index is 0.0461. The largest absolute Gasteiger partial charge is 0.469 e. The number of nitrogens with zero attached hydrogens (tertiary/aromatic N) is 3. The Bertz CT molecular complexity index is 757. The van der Waals surface area contributed by atoms with E-state index >= 15 is 0 Å². The summed E-state index contributed by atoms with van der Waals surface area (Å²) in [6.45, 7) is 0. The summed E-state index contributed by atoms with van der Waals surface area (Å²) < 4.78 is 7.10. The lowest BCUT2D eigenvalue weighted by Gasteiger charge is -2.26. The lowest BCUT2D eigenvalue weighted by Crippen LogP contribution is -2.23. The Kier molecular flexibility index (Phi) is 4.10. The Morgan fingerprint density at radius 2 is 1.80 bits per heavy atom. The third-order valence-electron chi connectivity index (χ3n) is 6.04. The van der Waals surface area contributed by atoms with Crippen molar-refractivity contribution in [2.45, 2.75) is 49.9 Å². The van der Waals surface area contributed by atoms with Crippen molar-refractivity contribution in [2.75, 3.05) is 7.11 Å². The van der Waals surface area contributed by atoms with E-state index in [4.69, 9.17) is 4.74 Å². The normalized spacial score (nSPS) is 24.7. The second-order valence-corrected chi connectivity index (χ2v) is 7.46. The predicted molar refractivity (Wildman–Crippen MR) is 94.2 cm³/mol. The second kappa shape index (κ2) is 6.28. The smallest absolute Gasteiger partial charge is 0.308 e. The van der Waals surface area contributed by atoms with Crippen molar-refractivity contribution in [3.8, 4) is 0 Å². The number of methoxy groups -OCH3 is 1. The van der Waals surface area contributed by atoms with Crippen LogP contribution >= 0.6 is 0 Å². The van der Waals surface area contributed by atoms with Crippen LogP contribution in [0, 0.1) is 5.92 Å². The highest BCUT2D eigenvalue weighted by Crippen LogP contribution is 2.53. The molecule has 5 nitrogen and oxygen atoms in total. The highest BCUT2D eigenvalue weighted by atomic mass is 16.5. The molecule has 25 heavy (non-hydrogen) atoms. The molecule has 2 aliphatic rings. The number of carbonyl (C=O) groups excluding carboxylic acids is 1. The summed E-state index contributed by atoms with van der Waals surface area (Å²) in [5.74, 6) is 2.52. The molecule has 2 saturated carbocycles. The van der Waals surface area contributed by atoms with E-state index in [9.17, 15) is 4.79 Å². The van der Waals surface area contributed by atoms with Gasteiger partial charge in [-0.3, -0.25) is 4.79 Å². The van der Waals surface area contributed by atoms with Crippen molar-refractivity contribution < 1.29 is 9.53 Å². The molecule has 0 bridgehead atoms. The Labute approximate surface area is 148 Å². The lowest BCUT2D eigenvalue weighted by molar-refractivity contribution is -0.146. The summed E-state index contributed by atoms with van der Waals surface area (Å²) in [5.41, 5.74) is 1.39. The van der Waals surface area contributed by atoms with Crippen LogP contribution in [0.1, 0.15) is 61.7 Å². The Morgan fingerprint density at radius 3 is 2.40 bits per heavy atom. The maximum atomic E-state index is 11.7. The third-order valence-corrected chi connectivity index (χ3v) is 6.04. The molecule has 4 rings (SSSR count). The zero-order chi connectivity index (χ0) is 17.4. The molecule has 2 aliphatic carbocycles. The van der Waals surface area contributed by atoms with Crippen molar-refractivity contribution in [1.82, 2.24) is 14.8 Å². The average molecular weight is 339 g/mol. The van der Waals surface area contributed by atoms with E-state index in [1.54, 1.807) is 0 Å². The van der Waals surface area contributed by atoms with Crippen molar-refractivity contribution in [1.29, 1.82) is 0 Å². The van der Waals surface area contributed by atoms with Crippen molar-refractivity contribution >= 4 is 5.97 Å². The fourth-order valence-corrected chi connectivity index (χ4v) is 4.39. The third kappa shape index (κ3) is 2.75. The predicted octanol–water partition coefficient (Wildman–Crippen LogP) is 3.34. The van der Waals surface area contributed by atoms with Gasteiger partial charge in [0, 0.05) is 13.0 Å². The number of hydrogen-bond donors (Lipinski definition) is 0. The zero-order valence-electron chi connectivity index (χ0n) is 14.9. The van der Waals surface area contributed by atoms with E-state index in [-0.39, 0.29) is 17.3 Å². The van der Waals surface area contributed by atoms with Crippen LogP contribution in [0.4, 0.5) is 0 Å². The van der Waals surface area contributed by atoms with E-state index in [1.165, 1.54) is 12.7 Å². The molecular formula is C20H25N3O2. The summed E-state index contributed by atoms with van der Waals surface area (Å²) >= 11 is 0. The molecule has 0 N–H and O–H groups in total. The van der Waals surface area contributed by atoms with Gasteiger partial charge >= 0.3 is 5.97 Å². The van der Waals surface area contributed by atoms with Crippen molar-refractivity contribution in [3.63, 3.8) is 0 Å². The zero-order valence-corrected chi connectivity index (χ0v) is 14.9. The Balaban J connectivity index is 1.54. The maximum absolute atomic E-state index is 11.7. The molecule has 0 aliphatic heterocycles. The van der Waals surface area contributed by atoms with Gasteiger partial charge in [0.25, 0.3) is 0 Å². The molecule has 0 saturated heterocycles. The first-order chi connectivity index (χ1) is 12.2. The summed E-state index contributed by atoms with van der Waals surface area (Å²) in [6, 6.07) is 10.6. The number of hydrogen-bond acceptors (Lipinski definition) is 4.